The molecule has 0 bridgehead atoms. The van der Waals surface area contributed by atoms with Crippen LogP contribution < -0.4 is 10.6 Å². The number of nitrogens with zero attached hydrogens (tertiary/aromatic N) is 2. The fourth-order valence-electron chi connectivity index (χ4n) is 2.09. The Bertz CT molecular complexity index is 732. The Hall–Kier alpha value is -2.49. The summed E-state index contributed by atoms with van der Waals surface area (Å²) < 4.78 is 0. The Morgan fingerprint density at radius 3 is 2.72 bits per heavy atom. The van der Waals surface area contributed by atoms with Gasteiger partial charge in [0, 0.05) is 17.4 Å². The quantitative estimate of drug-likeness (QED) is 0.519. The van der Waals surface area contributed by atoms with Crippen molar-refractivity contribution >= 4 is 30.5 Å². The van der Waals surface area contributed by atoms with E-state index in [1.54, 1.807) is 24.3 Å². The number of hydrogen-bond acceptors (Lipinski definition) is 6. The van der Waals surface area contributed by atoms with Gasteiger partial charge in [-0.1, -0.05) is 23.7 Å². The summed E-state index contributed by atoms with van der Waals surface area (Å²) in [5.41, 5.74) is 0.741. The highest BCUT2D eigenvalue weighted by Gasteiger charge is 2.21. The Kier molecular flexibility index (Phi) is 6.87. The van der Waals surface area contributed by atoms with Crippen molar-refractivity contribution in [1.29, 1.82) is 0 Å². The van der Waals surface area contributed by atoms with E-state index in [-0.39, 0.29) is 18.6 Å². The van der Waals surface area contributed by atoms with Crippen LogP contribution in [0.5, 0.6) is 0 Å². The van der Waals surface area contributed by atoms with Gasteiger partial charge in [0.05, 0.1) is 25.1 Å². The minimum absolute atomic E-state index is 0.112. The van der Waals surface area contributed by atoms with Crippen molar-refractivity contribution < 1.29 is 19.6 Å². The van der Waals surface area contributed by atoms with E-state index in [2.05, 4.69) is 20.6 Å². The maximum atomic E-state index is 12.3. The van der Waals surface area contributed by atoms with E-state index in [1.807, 2.05) is 0 Å². The third-order valence-electron chi connectivity index (χ3n) is 3.22. The van der Waals surface area contributed by atoms with E-state index in [4.69, 9.17) is 21.6 Å². The highest BCUT2D eigenvalue weighted by Crippen LogP contribution is 2.21. The molecule has 0 radical (unpaired) electrons. The van der Waals surface area contributed by atoms with Crippen molar-refractivity contribution in [3.8, 4) is 0 Å². The lowest BCUT2D eigenvalue weighted by molar-refractivity contribution is -0.121. The molecular formula is C15H16BClN4O4. The zero-order chi connectivity index (χ0) is 18.2. The topological polar surface area (TPSA) is 124 Å². The maximum Gasteiger partial charge on any atom is 0.472 e. The second-order valence-electron chi connectivity index (χ2n) is 5.16. The zero-order valence-electron chi connectivity index (χ0n) is 13.1. The molecule has 1 unspecified atom stereocenters. The average Bonchev–Trinajstić information content (AvgIpc) is 2.60. The minimum Gasteiger partial charge on any atom is -0.426 e. The smallest absolute Gasteiger partial charge is 0.426 e. The van der Waals surface area contributed by atoms with E-state index in [1.165, 1.54) is 18.6 Å². The van der Waals surface area contributed by atoms with Crippen molar-refractivity contribution in [2.24, 2.45) is 0 Å². The lowest BCUT2D eigenvalue weighted by Gasteiger charge is -2.19. The molecule has 2 aromatic rings. The van der Waals surface area contributed by atoms with Gasteiger partial charge in [-0.3, -0.25) is 14.6 Å². The molecule has 0 aliphatic carbocycles. The molecular weight excluding hydrogens is 346 g/mol. The third-order valence-corrected chi connectivity index (χ3v) is 3.46. The Labute approximate surface area is 149 Å². The first-order valence-electron chi connectivity index (χ1n) is 7.41. The predicted molar refractivity (Wildman–Crippen MR) is 91.5 cm³/mol. The molecule has 0 fully saturated rings. The largest absolute Gasteiger partial charge is 0.472 e. The monoisotopic (exact) mass is 362 g/mol. The van der Waals surface area contributed by atoms with Crippen LogP contribution in [0.4, 0.5) is 0 Å². The summed E-state index contributed by atoms with van der Waals surface area (Å²) in [5, 5.41) is 23.2. The second-order valence-corrected chi connectivity index (χ2v) is 5.60. The number of aromatic nitrogens is 2. The van der Waals surface area contributed by atoms with Crippen LogP contribution in [0.15, 0.2) is 42.9 Å². The van der Waals surface area contributed by atoms with Gasteiger partial charge < -0.3 is 20.7 Å². The van der Waals surface area contributed by atoms with Crippen LogP contribution in [0.25, 0.3) is 0 Å². The maximum absolute atomic E-state index is 12.3. The van der Waals surface area contributed by atoms with Crippen molar-refractivity contribution in [3.05, 3.63) is 59.1 Å². The normalized spacial score (nSPS) is 11.5. The van der Waals surface area contributed by atoms with Gasteiger partial charge in [0.2, 0.25) is 5.91 Å². The minimum atomic E-state index is -1.65. The van der Waals surface area contributed by atoms with Gasteiger partial charge in [-0.25, -0.2) is 4.98 Å². The summed E-state index contributed by atoms with van der Waals surface area (Å²) in [4.78, 5) is 32.0. The molecule has 0 aliphatic rings. The highest BCUT2D eigenvalue weighted by molar-refractivity contribution is 6.41. The molecule has 25 heavy (non-hydrogen) atoms. The Morgan fingerprint density at radius 1 is 1.28 bits per heavy atom. The molecule has 0 aliphatic heterocycles. The molecule has 4 N–H and O–H groups in total. The van der Waals surface area contributed by atoms with E-state index in [0.717, 1.165) is 0 Å². The lowest BCUT2D eigenvalue weighted by atomic mass is 9.92. The molecule has 10 heteroatoms. The fourth-order valence-corrected chi connectivity index (χ4v) is 2.29. The van der Waals surface area contributed by atoms with Gasteiger partial charge in [0.1, 0.15) is 5.69 Å². The number of carbonyl (C=O) groups is 2. The molecule has 0 saturated carbocycles. The first-order valence-corrected chi connectivity index (χ1v) is 7.78. The zero-order valence-corrected chi connectivity index (χ0v) is 13.8. The predicted octanol–water partition coefficient (Wildman–Crippen LogP) is 0.119. The van der Waals surface area contributed by atoms with E-state index >= 15 is 0 Å². The standard InChI is InChI=1S/C15H16BClN4O4/c17-11-3-1-2-10(6-11)12(7-14(22)20-9-16(24)25)21-15(23)13-8-18-4-5-19-13/h1-6,8,12,24-25H,7,9H2,(H,20,22)(H,21,23). The van der Waals surface area contributed by atoms with Gasteiger partial charge in [-0.05, 0) is 17.7 Å². The van der Waals surface area contributed by atoms with Crippen LogP contribution in [-0.2, 0) is 4.79 Å². The summed E-state index contributed by atoms with van der Waals surface area (Å²) in [7, 11) is -1.65. The van der Waals surface area contributed by atoms with E-state index in [9.17, 15) is 9.59 Å². The van der Waals surface area contributed by atoms with Crippen LogP contribution in [0, 0.1) is 0 Å². The molecule has 0 spiro atoms. The van der Waals surface area contributed by atoms with Crippen LogP contribution in [0.2, 0.25) is 5.02 Å². The Morgan fingerprint density at radius 2 is 2.08 bits per heavy atom. The Balaban J connectivity index is 2.14. The molecule has 1 aromatic carbocycles. The highest BCUT2D eigenvalue weighted by atomic mass is 35.5. The molecule has 8 nitrogen and oxygen atoms in total. The van der Waals surface area contributed by atoms with Crippen molar-refractivity contribution in [1.82, 2.24) is 20.6 Å². The molecule has 2 rings (SSSR count). The summed E-state index contributed by atoms with van der Waals surface area (Å²) in [6.45, 7) is 0. The van der Waals surface area contributed by atoms with Gasteiger partial charge in [-0.15, -0.1) is 0 Å². The molecule has 0 saturated heterocycles. The number of halogens is 1. The van der Waals surface area contributed by atoms with Crippen LogP contribution in [0.3, 0.4) is 0 Å². The lowest BCUT2D eigenvalue weighted by Crippen LogP contribution is -2.38. The van der Waals surface area contributed by atoms with Gasteiger partial charge in [0.25, 0.3) is 5.91 Å². The molecule has 130 valence electrons. The van der Waals surface area contributed by atoms with Crippen molar-refractivity contribution in [2.45, 2.75) is 12.5 Å². The number of benzene rings is 1. The van der Waals surface area contributed by atoms with Gasteiger partial charge in [0.15, 0.2) is 0 Å². The fraction of sp³-hybridized carbons (Fsp3) is 0.200. The first-order chi connectivity index (χ1) is 12.0. The number of carbonyl (C=O) groups excluding carboxylic acids is 2. The van der Waals surface area contributed by atoms with Gasteiger partial charge >= 0.3 is 7.12 Å². The third kappa shape index (κ3) is 6.15. The van der Waals surface area contributed by atoms with Crippen LogP contribution in [0.1, 0.15) is 28.5 Å². The first kappa shape index (κ1) is 18.8. The molecule has 1 atom stereocenters. The van der Waals surface area contributed by atoms with E-state index in [0.29, 0.717) is 10.6 Å². The molecule has 1 aromatic heterocycles. The summed E-state index contributed by atoms with van der Waals surface area (Å²) >= 11 is 5.98. The van der Waals surface area contributed by atoms with Crippen LogP contribution in [-0.4, -0.2) is 45.4 Å². The van der Waals surface area contributed by atoms with Crippen molar-refractivity contribution in [2.75, 3.05) is 6.44 Å². The molecule has 2 amide bonds. The second kappa shape index (κ2) is 9.12. The number of nitrogens with one attached hydrogen (secondary N) is 2. The summed E-state index contributed by atoms with van der Waals surface area (Å²) in [6.07, 6.45) is 3.72. The van der Waals surface area contributed by atoms with Gasteiger partial charge in [-0.2, -0.15) is 0 Å². The molecule has 1 heterocycles. The number of hydrogen-bond donors (Lipinski definition) is 4. The summed E-state index contributed by atoms with van der Waals surface area (Å²) in [6, 6.07) is 6.06. The van der Waals surface area contributed by atoms with Crippen LogP contribution >= 0.6 is 11.6 Å². The average molecular weight is 363 g/mol. The summed E-state index contributed by atoms with van der Waals surface area (Å²) in [5.74, 6) is -0.953. The number of amides is 2. The number of rotatable bonds is 7. The SMILES string of the molecule is O=C(CC(NC(=O)c1cnccn1)c1cccc(Cl)c1)NCB(O)O. The van der Waals surface area contributed by atoms with E-state index < -0.39 is 25.0 Å². The van der Waals surface area contributed by atoms with Crippen molar-refractivity contribution in [3.63, 3.8) is 0 Å².